The number of carbonyl (C=O) groups excluding carboxylic acids is 2. The molecule has 0 aliphatic heterocycles. The number of hydrogen-bond acceptors (Lipinski definition) is 9. The van der Waals surface area contributed by atoms with Crippen molar-refractivity contribution in [2.45, 2.75) is 167 Å². The van der Waals surface area contributed by atoms with E-state index in [1.165, 1.54) is 57.8 Å². The first-order valence-electron chi connectivity index (χ1n) is 21.0. The number of carbonyl (C=O) groups is 3. The standard InChI is InChI=1S/C44H74NO10P/c1-3-5-7-9-11-13-15-17-19-20-22-23-25-27-29-31-33-35-42(46)52-37-40(38-53-56(50,51)54-39-41(45)44(48)49)55-43(47)36-34-32-30-28-26-24-21-18-16-14-12-10-8-6-4-2/h12,14,17-19,21-23,26-29,40-41H,3-11,13,15-16,20,24-25,30-39,45H2,1-2H3,(H,48,49)(H,50,51)/b14-12+,19-17+,21-18+,23-22+,28-26+,29-27+/t40-,41+/m1/s1. The largest absolute Gasteiger partial charge is 0.480 e. The first-order valence-corrected chi connectivity index (χ1v) is 22.5. The van der Waals surface area contributed by atoms with E-state index in [9.17, 15) is 23.8 Å². The Kier molecular flexibility index (Phi) is 36.6. The second-order valence-electron chi connectivity index (χ2n) is 13.8. The summed E-state index contributed by atoms with van der Waals surface area (Å²) < 4.78 is 32.5. The zero-order chi connectivity index (χ0) is 41.4. The summed E-state index contributed by atoms with van der Waals surface area (Å²) in [6.45, 7) is 2.65. The second-order valence-corrected chi connectivity index (χ2v) is 15.2. The lowest BCUT2D eigenvalue weighted by Gasteiger charge is -2.20. The van der Waals surface area contributed by atoms with Gasteiger partial charge in [-0.3, -0.25) is 23.4 Å². The van der Waals surface area contributed by atoms with E-state index in [1.807, 2.05) is 6.08 Å². The molecule has 0 aromatic carbocycles. The maximum atomic E-state index is 12.6. The van der Waals surface area contributed by atoms with Crippen LogP contribution in [0, 0.1) is 0 Å². The van der Waals surface area contributed by atoms with E-state index in [1.54, 1.807) is 0 Å². The Hall–Kier alpha value is -3.08. The summed E-state index contributed by atoms with van der Waals surface area (Å²) in [7, 11) is -4.74. The zero-order valence-electron chi connectivity index (χ0n) is 34.4. The number of nitrogens with two attached hydrogens (primary N) is 1. The summed E-state index contributed by atoms with van der Waals surface area (Å²) in [5.41, 5.74) is 5.32. The van der Waals surface area contributed by atoms with Gasteiger partial charge in [-0.15, -0.1) is 0 Å². The summed E-state index contributed by atoms with van der Waals surface area (Å²) in [6, 6.07) is -1.54. The maximum absolute atomic E-state index is 12.6. The minimum absolute atomic E-state index is 0.0982. The van der Waals surface area contributed by atoms with E-state index < -0.39 is 57.7 Å². The Balaban J connectivity index is 4.55. The van der Waals surface area contributed by atoms with Crippen molar-refractivity contribution in [2.75, 3.05) is 19.8 Å². The lowest BCUT2D eigenvalue weighted by atomic mass is 10.1. The average molecular weight is 808 g/mol. The van der Waals surface area contributed by atoms with Crippen molar-refractivity contribution in [1.82, 2.24) is 0 Å². The van der Waals surface area contributed by atoms with Crippen molar-refractivity contribution in [3.63, 3.8) is 0 Å². The second kappa shape index (κ2) is 38.8. The lowest BCUT2D eigenvalue weighted by Crippen LogP contribution is -2.34. The number of ether oxygens (including phenoxy) is 2. The average Bonchev–Trinajstić information content (AvgIpc) is 3.17. The number of aliphatic carboxylic acids is 1. The van der Waals surface area contributed by atoms with Crippen LogP contribution >= 0.6 is 7.82 Å². The topological polar surface area (TPSA) is 172 Å². The van der Waals surface area contributed by atoms with Crippen LogP contribution in [0.5, 0.6) is 0 Å². The smallest absolute Gasteiger partial charge is 0.472 e. The maximum Gasteiger partial charge on any atom is 0.472 e. The molecule has 0 spiro atoms. The Bertz CT molecular complexity index is 1230. The van der Waals surface area contributed by atoms with Gasteiger partial charge in [-0.05, 0) is 83.5 Å². The van der Waals surface area contributed by atoms with Gasteiger partial charge in [-0.2, -0.15) is 0 Å². The van der Waals surface area contributed by atoms with Gasteiger partial charge in [0.05, 0.1) is 13.2 Å². The molecule has 3 atom stereocenters. The molecular formula is C44H74NO10P. The minimum Gasteiger partial charge on any atom is -0.480 e. The molecule has 1 unspecified atom stereocenters. The van der Waals surface area contributed by atoms with Crippen molar-refractivity contribution in [3.8, 4) is 0 Å². The minimum atomic E-state index is -4.74. The number of carboxylic acid groups (broad SMARTS) is 1. The normalized spacial score (nSPS) is 14.5. The fourth-order valence-electron chi connectivity index (χ4n) is 5.09. The van der Waals surface area contributed by atoms with Crippen molar-refractivity contribution < 1.29 is 47.5 Å². The van der Waals surface area contributed by atoms with E-state index in [2.05, 4.69) is 85.2 Å². The third-order valence-electron chi connectivity index (χ3n) is 8.43. The highest BCUT2D eigenvalue weighted by Gasteiger charge is 2.28. The molecule has 12 heteroatoms. The van der Waals surface area contributed by atoms with Gasteiger partial charge in [0.25, 0.3) is 0 Å². The Morgan fingerprint density at radius 1 is 0.554 bits per heavy atom. The third-order valence-corrected chi connectivity index (χ3v) is 9.38. The van der Waals surface area contributed by atoms with Gasteiger partial charge < -0.3 is 25.2 Å². The zero-order valence-corrected chi connectivity index (χ0v) is 35.3. The molecule has 0 radical (unpaired) electrons. The van der Waals surface area contributed by atoms with Gasteiger partial charge in [-0.1, -0.05) is 132 Å². The SMILES string of the molecule is CCCCC/C=C/C/C=C/C/C=C/CCCCC(=O)O[C@H](COC(=O)CCC/C=C/C/C=C/C/C=C/CCCCCCCC)COP(=O)(O)OC[C@H](N)C(=O)O. The Morgan fingerprint density at radius 3 is 1.50 bits per heavy atom. The molecule has 320 valence electrons. The van der Waals surface area contributed by atoms with E-state index in [0.29, 0.717) is 19.3 Å². The number of phosphoric acid groups is 1. The molecule has 0 aliphatic rings. The van der Waals surface area contributed by atoms with E-state index in [0.717, 1.165) is 51.4 Å². The predicted octanol–water partition coefficient (Wildman–Crippen LogP) is 10.9. The number of unbranched alkanes of at least 4 members (excludes halogenated alkanes) is 12. The highest BCUT2D eigenvalue weighted by molar-refractivity contribution is 7.47. The molecule has 0 fully saturated rings. The van der Waals surface area contributed by atoms with Crippen molar-refractivity contribution in [3.05, 3.63) is 72.9 Å². The summed E-state index contributed by atoms with van der Waals surface area (Å²) >= 11 is 0. The monoisotopic (exact) mass is 808 g/mol. The molecule has 0 aromatic heterocycles. The molecule has 0 saturated carbocycles. The molecular weight excluding hydrogens is 733 g/mol. The first-order chi connectivity index (χ1) is 27.1. The number of phosphoric ester groups is 1. The van der Waals surface area contributed by atoms with Gasteiger partial charge in [-0.25, -0.2) is 4.57 Å². The van der Waals surface area contributed by atoms with Crippen molar-refractivity contribution >= 4 is 25.7 Å². The molecule has 56 heavy (non-hydrogen) atoms. The fourth-order valence-corrected chi connectivity index (χ4v) is 5.86. The summed E-state index contributed by atoms with van der Waals surface area (Å²) in [4.78, 5) is 45.8. The highest BCUT2D eigenvalue weighted by Crippen LogP contribution is 2.43. The Morgan fingerprint density at radius 2 is 0.964 bits per heavy atom. The van der Waals surface area contributed by atoms with Crippen LogP contribution in [-0.4, -0.2) is 59.9 Å². The lowest BCUT2D eigenvalue weighted by molar-refractivity contribution is -0.161. The van der Waals surface area contributed by atoms with Crippen LogP contribution in [0.4, 0.5) is 0 Å². The van der Waals surface area contributed by atoms with E-state index >= 15 is 0 Å². The van der Waals surface area contributed by atoms with Gasteiger partial charge in [0.1, 0.15) is 12.6 Å². The molecule has 4 N–H and O–H groups in total. The predicted molar refractivity (Wildman–Crippen MR) is 226 cm³/mol. The van der Waals surface area contributed by atoms with Crippen LogP contribution < -0.4 is 5.73 Å². The van der Waals surface area contributed by atoms with Crippen molar-refractivity contribution in [2.24, 2.45) is 5.73 Å². The number of allylic oxidation sites excluding steroid dienone is 12. The molecule has 0 bridgehead atoms. The third kappa shape index (κ3) is 37.8. The number of carboxylic acids is 1. The van der Waals surface area contributed by atoms with Crippen LogP contribution in [0.2, 0.25) is 0 Å². The Labute approximate surface area is 338 Å². The van der Waals surface area contributed by atoms with Crippen LogP contribution in [0.3, 0.4) is 0 Å². The fraction of sp³-hybridized carbons (Fsp3) is 0.659. The highest BCUT2D eigenvalue weighted by atomic mass is 31.2. The van der Waals surface area contributed by atoms with Crippen LogP contribution in [0.25, 0.3) is 0 Å². The molecule has 0 amide bonds. The van der Waals surface area contributed by atoms with Crippen LogP contribution in [0.1, 0.15) is 155 Å². The molecule has 11 nitrogen and oxygen atoms in total. The summed E-state index contributed by atoms with van der Waals surface area (Å²) in [5, 5.41) is 8.88. The molecule has 0 rings (SSSR count). The van der Waals surface area contributed by atoms with Gasteiger partial charge in [0.15, 0.2) is 6.10 Å². The number of hydrogen-bond donors (Lipinski definition) is 3. The summed E-state index contributed by atoms with van der Waals surface area (Å²) in [5.74, 6) is -2.50. The molecule has 0 heterocycles. The first kappa shape index (κ1) is 52.9. The molecule has 0 saturated heterocycles. The van der Waals surface area contributed by atoms with Crippen molar-refractivity contribution in [1.29, 1.82) is 0 Å². The van der Waals surface area contributed by atoms with Gasteiger partial charge >= 0.3 is 25.7 Å². The van der Waals surface area contributed by atoms with Gasteiger partial charge in [0, 0.05) is 12.8 Å². The summed E-state index contributed by atoms with van der Waals surface area (Å²) in [6.07, 6.45) is 45.5. The van der Waals surface area contributed by atoms with E-state index in [-0.39, 0.29) is 12.8 Å². The number of esters is 2. The van der Waals surface area contributed by atoms with Gasteiger partial charge in [0.2, 0.25) is 0 Å². The quantitative estimate of drug-likeness (QED) is 0.0235. The van der Waals surface area contributed by atoms with Crippen LogP contribution in [0.15, 0.2) is 72.9 Å². The molecule has 0 aliphatic carbocycles. The van der Waals surface area contributed by atoms with Crippen LogP contribution in [-0.2, 0) is 37.5 Å². The number of rotatable bonds is 38. The van der Waals surface area contributed by atoms with E-state index in [4.69, 9.17) is 24.8 Å². The molecule has 0 aromatic rings.